The van der Waals surface area contributed by atoms with Crippen molar-refractivity contribution in [3.05, 3.63) is 24.4 Å². The van der Waals surface area contributed by atoms with Gasteiger partial charge in [0.15, 0.2) is 0 Å². The van der Waals surface area contributed by atoms with Crippen molar-refractivity contribution in [1.29, 1.82) is 0 Å². The molecule has 3 rings (SSSR count). The first kappa shape index (κ1) is 15.0. The highest BCUT2D eigenvalue weighted by atomic mass is 16.5. The number of fused-ring (bicyclic) bond motifs is 1. The molecule has 0 radical (unpaired) electrons. The van der Waals surface area contributed by atoms with Crippen LogP contribution in [-0.2, 0) is 0 Å². The Morgan fingerprint density at radius 2 is 2.14 bits per heavy atom. The van der Waals surface area contributed by atoms with E-state index in [2.05, 4.69) is 14.9 Å². The van der Waals surface area contributed by atoms with Crippen LogP contribution in [-0.4, -0.2) is 54.3 Å². The predicted octanol–water partition coefficient (Wildman–Crippen LogP) is 1.44. The third-order valence-electron chi connectivity index (χ3n) is 4.02. The fourth-order valence-corrected chi connectivity index (χ4v) is 2.68. The summed E-state index contributed by atoms with van der Waals surface area (Å²) < 4.78 is 11.1. The molecule has 0 amide bonds. The highest BCUT2D eigenvalue weighted by Crippen LogP contribution is 2.23. The van der Waals surface area contributed by atoms with Crippen molar-refractivity contribution in [2.24, 2.45) is 5.73 Å². The Labute approximate surface area is 130 Å². The molecule has 0 atom stereocenters. The molecule has 1 aliphatic rings. The van der Waals surface area contributed by atoms with Crippen LogP contribution in [0.3, 0.4) is 0 Å². The van der Waals surface area contributed by atoms with Gasteiger partial charge in [-0.2, -0.15) is 0 Å². The summed E-state index contributed by atoms with van der Waals surface area (Å²) in [5.41, 5.74) is 7.44. The molecule has 0 bridgehead atoms. The van der Waals surface area contributed by atoms with Crippen LogP contribution < -0.4 is 15.2 Å². The van der Waals surface area contributed by atoms with Crippen LogP contribution in [0.4, 0.5) is 0 Å². The lowest BCUT2D eigenvalue weighted by Crippen LogP contribution is -2.41. The largest absolute Gasteiger partial charge is 0.494 e. The van der Waals surface area contributed by atoms with Gasteiger partial charge in [0.25, 0.3) is 0 Å². The van der Waals surface area contributed by atoms with E-state index in [1.165, 1.54) is 0 Å². The molecule has 1 saturated heterocycles. The zero-order chi connectivity index (χ0) is 15.4. The lowest BCUT2D eigenvalue weighted by atomic mass is 10.1. The molecule has 6 nitrogen and oxygen atoms in total. The van der Waals surface area contributed by atoms with Crippen molar-refractivity contribution >= 4 is 11.0 Å². The Hall–Kier alpha value is -1.92. The van der Waals surface area contributed by atoms with Crippen molar-refractivity contribution in [3.8, 4) is 11.6 Å². The van der Waals surface area contributed by atoms with Gasteiger partial charge in [0, 0.05) is 12.6 Å². The molecule has 0 spiro atoms. The van der Waals surface area contributed by atoms with Gasteiger partial charge in [0.2, 0.25) is 5.88 Å². The van der Waals surface area contributed by atoms with E-state index in [0.29, 0.717) is 24.3 Å². The van der Waals surface area contributed by atoms with Crippen LogP contribution in [0, 0.1) is 0 Å². The van der Waals surface area contributed by atoms with Crippen molar-refractivity contribution < 1.29 is 9.47 Å². The number of rotatable bonds is 5. The standard InChI is InChI=1S/C16H22N4O2/c1-21-14-4-2-3-13-16(14)19-15(11-18-13)22-10-9-20-7-5-12(17)6-8-20/h2-4,11-12H,5-10,17H2,1H3. The summed E-state index contributed by atoms with van der Waals surface area (Å²) >= 11 is 0. The molecule has 6 heteroatoms. The van der Waals surface area contributed by atoms with Crippen molar-refractivity contribution in [3.63, 3.8) is 0 Å². The van der Waals surface area contributed by atoms with E-state index >= 15 is 0 Å². The van der Waals surface area contributed by atoms with Gasteiger partial charge >= 0.3 is 0 Å². The Bertz CT molecular complexity index is 627. The third kappa shape index (κ3) is 3.45. The molecule has 2 aromatic rings. The summed E-state index contributed by atoms with van der Waals surface area (Å²) in [5.74, 6) is 1.24. The molecular formula is C16H22N4O2. The number of aromatic nitrogens is 2. The van der Waals surface area contributed by atoms with Crippen molar-refractivity contribution in [2.75, 3.05) is 33.4 Å². The van der Waals surface area contributed by atoms with E-state index < -0.39 is 0 Å². The maximum Gasteiger partial charge on any atom is 0.233 e. The summed E-state index contributed by atoms with van der Waals surface area (Å²) in [4.78, 5) is 11.2. The second kappa shape index (κ2) is 6.89. The predicted molar refractivity (Wildman–Crippen MR) is 85.2 cm³/mol. The molecule has 118 valence electrons. The fourth-order valence-electron chi connectivity index (χ4n) is 2.68. The average Bonchev–Trinajstić information content (AvgIpc) is 2.56. The summed E-state index contributed by atoms with van der Waals surface area (Å²) in [6.45, 7) is 3.58. The van der Waals surface area contributed by atoms with Crippen molar-refractivity contribution in [1.82, 2.24) is 14.9 Å². The molecule has 2 heterocycles. The van der Waals surface area contributed by atoms with Gasteiger partial charge in [-0.25, -0.2) is 9.97 Å². The number of nitrogens with zero attached hydrogens (tertiary/aromatic N) is 3. The summed E-state index contributed by atoms with van der Waals surface area (Å²) in [6.07, 6.45) is 3.79. The first-order chi connectivity index (χ1) is 10.8. The number of nitrogens with two attached hydrogens (primary N) is 1. The van der Waals surface area contributed by atoms with Gasteiger partial charge in [-0.05, 0) is 38.1 Å². The zero-order valence-corrected chi connectivity index (χ0v) is 12.9. The molecular weight excluding hydrogens is 280 g/mol. The molecule has 1 fully saturated rings. The highest BCUT2D eigenvalue weighted by Gasteiger charge is 2.15. The van der Waals surface area contributed by atoms with Crippen molar-refractivity contribution in [2.45, 2.75) is 18.9 Å². The third-order valence-corrected chi connectivity index (χ3v) is 4.02. The van der Waals surface area contributed by atoms with Crippen LogP contribution in [0.5, 0.6) is 11.6 Å². The first-order valence-corrected chi connectivity index (χ1v) is 7.67. The second-order valence-electron chi connectivity index (χ2n) is 5.56. The molecule has 1 aromatic carbocycles. The summed E-state index contributed by atoms with van der Waals surface area (Å²) in [6, 6.07) is 6.04. The lowest BCUT2D eigenvalue weighted by molar-refractivity contribution is 0.171. The Morgan fingerprint density at radius 3 is 2.91 bits per heavy atom. The zero-order valence-electron chi connectivity index (χ0n) is 12.9. The number of para-hydroxylation sites is 1. The van der Waals surface area contributed by atoms with Crippen LogP contribution in [0.15, 0.2) is 24.4 Å². The lowest BCUT2D eigenvalue weighted by Gasteiger charge is -2.29. The molecule has 1 aliphatic heterocycles. The van der Waals surface area contributed by atoms with Gasteiger partial charge in [0.05, 0.1) is 18.8 Å². The van der Waals surface area contributed by atoms with E-state index in [-0.39, 0.29) is 0 Å². The Balaban J connectivity index is 1.59. The Morgan fingerprint density at radius 1 is 1.32 bits per heavy atom. The number of benzene rings is 1. The van der Waals surface area contributed by atoms with Crippen LogP contribution in [0.1, 0.15) is 12.8 Å². The van der Waals surface area contributed by atoms with Crippen LogP contribution >= 0.6 is 0 Å². The quantitative estimate of drug-likeness (QED) is 0.901. The maximum atomic E-state index is 5.91. The number of methoxy groups -OCH3 is 1. The van der Waals surface area contributed by atoms with E-state index in [4.69, 9.17) is 15.2 Å². The maximum absolute atomic E-state index is 5.91. The molecule has 0 saturated carbocycles. The van der Waals surface area contributed by atoms with Gasteiger partial charge in [-0.3, -0.25) is 4.90 Å². The van der Waals surface area contributed by atoms with E-state index in [9.17, 15) is 0 Å². The number of hydrogen-bond donors (Lipinski definition) is 1. The minimum absolute atomic E-state index is 0.357. The SMILES string of the molecule is COc1cccc2ncc(OCCN3CCC(N)CC3)nc12. The molecule has 1 aromatic heterocycles. The van der Waals surface area contributed by atoms with E-state index in [1.807, 2.05) is 18.2 Å². The topological polar surface area (TPSA) is 73.5 Å². The molecule has 0 aliphatic carbocycles. The van der Waals surface area contributed by atoms with Gasteiger partial charge in [-0.1, -0.05) is 6.07 Å². The second-order valence-corrected chi connectivity index (χ2v) is 5.56. The summed E-state index contributed by atoms with van der Waals surface area (Å²) in [7, 11) is 1.63. The average molecular weight is 302 g/mol. The smallest absolute Gasteiger partial charge is 0.233 e. The molecule has 2 N–H and O–H groups in total. The van der Waals surface area contributed by atoms with Crippen LogP contribution in [0.25, 0.3) is 11.0 Å². The number of piperidine rings is 1. The number of likely N-dealkylation sites (tertiary alicyclic amines) is 1. The van der Waals surface area contributed by atoms with E-state index in [0.717, 1.165) is 43.5 Å². The van der Waals surface area contributed by atoms with Gasteiger partial charge in [0.1, 0.15) is 17.9 Å². The minimum atomic E-state index is 0.357. The van der Waals surface area contributed by atoms with Gasteiger partial charge < -0.3 is 15.2 Å². The van der Waals surface area contributed by atoms with Crippen LogP contribution in [0.2, 0.25) is 0 Å². The summed E-state index contributed by atoms with van der Waals surface area (Å²) in [5, 5.41) is 0. The number of hydrogen-bond acceptors (Lipinski definition) is 6. The first-order valence-electron chi connectivity index (χ1n) is 7.67. The monoisotopic (exact) mass is 302 g/mol. The van der Waals surface area contributed by atoms with Gasteiger partial charge in [-0.15, -0.1) is 0 Å². The normalized spacial score (nSPS) is 16.8. The van der Waals surface area contributed by atoms with E-state index in [1.54, 1.807) is 13.3 Å². The molecule has 22 heavy (non-hydrogen) atoms. The highest BCUT2D eigenvalue weighted by molar-refractivity contribution is 5.81. The minimum Gasteiger partial charge on any atom is -0.494 e. The fraction of sp³-hybridized carbons (Fsp3) is 0.500. The molecule has 0 unspecified atom stereocenters. The number of ether oxygens (including phenoxy) is 2. The Kier molecular flexibility index (Phi) is 4.70.